The van der Waals surface area contributed by atoms with Crippen LogP contribution in [0.2, 0.25) is 0 Å². The van der Waals surface area contributed by atoms with Gasteiger partial charge in [0.2, 0.25) is 0 Å². The molecule has 0 atom stereocenters. The van der Waals surface area contributed by atoms with Crippen LogP contribution in [-0.4, -0.2) is 22.4 Å². The van der Waals surface area contributed by atoms with Gasteiger partial charge in [-0.15, -0.1) is 0 Å². The van der Waals surface area contributed by atoms with Gasteiger partial charge in [0, 0.05) is 10.9 Å². The van der Waals surface area contributed by atoms with Crippen LogP contribution in [0.15, 0.2) is 83.7 Å². The second kappa shape index (κ2) is 9.26. The molecule has 6 heteroatoms. The molecule has 1 heterocycles. The molecular weight excluding hydrogens is 392 g/mol. The van der Waals surface area contributed by atoms with Crippen molar-refractivity contribution in [3.05, 3.63) is 106 Å². The van der Waals surface area contributed by atoms with E-state index in [1.165, 1.54) is 4.68 Å². The number of ether oxygens (including phenoxy) is 2. The van der Waals surface area contributed by atoms with E-state index in [4.69, 9.17) is 9.47 Å². The monoisotopic (exact) mass is 414 g/mol. The predicted molar refractivity (Wildman–Crippen MR) is 118 cm³/mol. The SMILES string of the molecule is CCOc1ccccc1COC(=O)c1nn(Cc2ccccc2)c(=O)c2ccccc12. The van der Waals surface area contributed by atoms with E-state index < -0.39 is 5.97 Å². The number of para-hydroxylation sites is 1. The quantitative estimate of drug-likeness (QED) is 0.424. The van der Waals surface area contributed by atoms with Crippen molar-refractivity contribution in [3.63, 3.8) is 0 Å². The maximum atomic E-state index is 13.0. The summed E-state index contributed by atoms with van der Waals surface area (Å²) in [6.45, 7) is 2.72. The minimum atomic E-state index is -0.593. The van der Waals surface area contributed by atoms with Crippen LogP contribution < -0.4 is 10.3 Å². The number of carbonyl (C=O) groups excluding carboxylic acids is 1. The Hall–Kier alpha value is -3.93. The van der Waals surface area contributed by atoms with Crippen molar-refractivity contribution < 1.29 is 14.3 Å². The smallest absolute Gasteiger partial charge is 0.359 e. The highest BCUT2D eigenvalue weighted by Crippen LogP contribution is 2.20. The van der Waals surface area contributed by atoms with Gasteiger partial charge < -0.3 is 9.47 Å². The summed E-state index contributed by atoms with van der Waals surface area (Å²) in [6.07, 6.45) is 0. The molecule has 0 fully saturated rings. The minimum absolute atomic E-state index is 0.0445. The van der Waals surface area contributed by atoms with E-state index in [1.807, 2.05) is 61.5 Å². The number of esters is 1. The Balaban J connectivity index is 1.67. The lowest BCUT2D eigenvalue weighted by Crippen LogP contribution is -2.27. The van der Waals surface area contributed by atoms with E-state index in [0.717, 1.165) is 11.1 Å². The van der Waals surface area contributed by atoms with Crippen LogP contribution >= 0.6 is 0 Å². The van der Waals surface area contributed by atoms with Crippen molar-refractivity contribution in [2.24, 2.45) is 0 Å². The normalized spacial score (nSPS) is 10.7. The number of rotatable bonds is 7. The third kappa shape index (κ3) is 4.48. The first-order chi connectivity index (χ1) is 15.2. The van der Waals surface area contributed by atoms with Crippen LogP contribution in [0.3, 0.4) is 0 Å². The van der Waals surface area contributed by atoms with Crippen molar-refractivity contribution in [1.29, 1.82) is 0 Å². The molecule has 0 spiro atoms. The van der Waals surface area contributed by atoms with Gasteiger partial charge in [-0.1, -0.05) is 66.7 Å². The predicted octanol–water partition coefficient (Wildman–Crippen LogP) is 4.20. The highest BCUT2D eigenvalue weighted by molar-refractivity contribution is 6.02. The van der Waals surface area contributed by atoms with Gasteiger partial charge >= 0.3 is 5.97 Å². The first kappa shape index (κ1) is 20.3. The van der Waals surface area contributed by atoms with Gasteiger partial charge in [0.1, 0.15) is 12.4 Å². The Morgan fingerprint density at radius 1 is 0.903 bits per heavy atom. The molecule has 0 N–H and O–H groups in total. The van der Waals surface area contributed by atoms with Gasteiger partial charge in [-0.3, -0.25) is 4.79 Å². The lowest BCUT2D eigenvalue weighted by molar-refractivity contribution is 0.0462. The third-order valence-corrected chi connectivity index (χ3v) is 4.87. The Morgan fingerprint density at radius 2 is 1.58 bits per heavy atom. The van der Waals surface area contributed by atoms with E-state index in [1.54, 1.807) is 24.3 Å². The summed E-state index contributed by atoms with van der Waals surface area (Å²) in [7, 11) is 0. The fraction of sp³-hybridized carbons (Fsp3) is 0.160. The number of nitrogens with zero attached hydrogens (tertiary/aromatic N) is 2. The summed E-state index contributed by atoms with van der Waals surface area (Å²) in [6, 6.07) is 23.9. The average molecular weight is 414 g/mol. The zero-order valence-electron chi connectivity index (χ0n) is 17.2. The molecule has 31 heavy (non-hydrogen) atoms. The molecule has 0 amide bonds. The van der Waals surface area contributed by atoms with Crippen molar-refractivity contribution in [2.45, 2.75) is 20.1 Å². The van der Waals surface area contributed by atoms with Gasteiger partial charge in [-0.05, 0) is 24.6 Å². The maximum Gasteiger partial charge on any atom is 0.359 e. The Bertz CT molecular complexity index is 1270. The summed E-state index contributed by atoms with van der Waals surface area (Å²) in [4.78, 5) is 25.9. The minimum Gasteiger partial charge on any atom is -0.493 e. The highest BCUT2D eigenvalue weighted by Gasteiger charge is 2.19. The number of hydrogen-bond acceptors (Lipinski definition) is 5. The van der Waals surface area contributed by atoms with Crippen molar-refractivity contribution in [2.75, 3.05) is 6.61 Å². The van der Waals surface area contributed by atoms with Crippen LogP contribution in [0.25, 0.3) is 10.8 Å². The number of carbonyl (C=O) groups is 1. The number of hydrogen-bond donors (Lipinski definition) is 0. The molecular formula is C25H22N2O4. The molecule has 4 aromatic rings. The second-order valence-electron chi connectivity index (χ2n) is 6.96. The third-order valence-electron chi connectivity index (χ3n) is 4.87. The molecule has 4 rings (SSSR count). The van der Waals surface area contributed by atoms with Gasteiger partial charge in [-0.25, -0.2) is 9.48 Å². The fourth-order valence-electron chi connectivity index (χ4n) is 3.38. The van der Waals surface area contributed by atoms with E-state index in [-0.39, 0.29) is 24.4 Å². The van der Waals surface area contributed by atoms with Crippen LogP contribution in [0.1, 0.15) is 28.5 Å². The van der Waals surface area contributed by atoms with Gasteiger partial charge in [-0.2, -0.15) is 5.10 Å². The van der Waals surface area contributed by atoms with Crippen LogP contribution in [0.5, 0.6) is 5.75 Å². The Kier molecular flexibility index (Phi) is 6.08. The van der Waals surface area contributed by atoms with Crippen LogP contribution in [-0.2, 0) is 17.9 Å². The molecule has 0 aliphatic heterocycles. The van der Waals surface area contributed by atoms with E-state index in [9.17, 15) is 9.59 Å². The molecule has 3 aromatic carbocycles. The topological polar surface area (TPSA) is 70.4 Å². The molecule has 0 bridgehead atoms. The molecule has 0 aliphatic rings. The first-order valence-corrected chi connectivity index (χ1v) is 10.1. The lowest BCUT2D eigenvalue weighted by Gasteiger charge is -2.12. The molecule has 0 saturated carbocycles. The molecule has 6 nitrogen and oxygen atoms in total. The van der Waals surface area contributed by atoms with Crippen LogP contribution in [0, 0.1) is 0 Å². The summed E-state index contributed by atoms with van der Waals surface area (Å²) >= 11 is 0. The summed E-state index contributed by atoms with van der Waals surface area (Å²) < 4.78 is 12.5. The fourth-order valence-corrected chi connectivity index (χ4v) is 3.38. The molecule has 0 radical (unpaired) electrons. The second-order valence-corrected chi connectivity index (χ2v) is 6.96. The van der Waals surface area contributed by atoms with Crippen molar-refractivity contribution in [1.82, 2.24) is 9.78 Å². The standard InChI is InChI=1S/C25H22N2O4/c1-2-30-22-15-9-6-12-19(22)17-31-25(29)23-20-13-7-8-14-21(20)24(28)27(26-23)16-18-10-4-3-5-11-18/h3-15H,2,16-17H2,1H3. The maximum absolute atomic E-state index is 13.0. The first-order valence-electron chi connectivity index (χ1n) is 10.1. The number of benzene rings is 3. The number of fused-ring (bicyclic) bond motifs is 1. The molecule has 0 aliphatic carbocycles. The molecule has 0 saturated heterocycles. The zero-order valence-corrected chi connectivity index (χ0v) is 17.2. The Morgan fingerprint density at radius 3 is 2.35 bits per heavy atom. The summed E-state index contributed by atoms with van der Waals surface area (Å²) in [5.41, 5.74) is 1.54. The molecule has 1 aromatic heterocycles. The summed E-state index contributed by atoms with van der Waals surface area (Å²) in [5, 5.41) is 5.26. The van der Waals surface area contributed by atoms with E-state index >= 15 is 0 Å². The van der Waals surface area contributed by atoms with Gasteiger partial charge in [0.15, 0.2) is 5.69 Å². The van der Waals surface area contributed by atoms with Crippen molar-refractivity contribution in [3.8, 4) is 5.75 Å². The largest absolute Gasteiger partial charge is 0.493 e. The van der Waals surface area contributed by atoms with Crippen molar-refractivity contribution >= 4 is 16.7 Å². The molecule has 0 unspecified atom stereocenters. The highest BCUT2D eigenvalue weighted by atomic mass is 16.5. The van der Waals surface area contributed by atoms with Gasteiger partial charge in [0.05, 0.1) is 18.5 Å². The van der Waals surface area contributed by atoms with E-state index in [0.29, 0.717) is 23.1 Å². The zero-order chi connectivity index (χ0) is 21.6. The Labute approximate surface area is 179 Å². The summed E-state index contributed by atoms with van der Waals surface area (Å²) in [5.74, 6) is 0.0778. The lowest BCUT2D eigenvalue weighted by atomic mass is 10.1. The van der Waals surface area contributed by atoms with Gasteiger partial charge in [0.25, 0.3) is 5.56 Å². The molecule has 156 valence electrons. The van der Waals surface area contributed by atoms with E-state index in [2.05, 4.69) is 5.10 Å². The average Bonchev–Trinajstić information content (AvgIpc) is 2.81. The number of aromatic nitrogens is 2. The van der Waals surface area contributed by atoms with Crippen LogP contribution in [0.4, 0.5) is 0 Å².